The quantitative estimate of drug-likeness (QED) is 0.648. The van der Waals surface area contributed by atoms with Crippen LogP contribution in [0.4, 0.5) is 13.2 Å². The summed E-state index contributed by atoms with van der Waals surface area (Å²) in [5.41, 5.74) is 1.20. The van der Waals surface area contributed by atoms with Crippen molar-refractivity contribution in [2.75, 3.05) is 13.7 Å². The number of hydrogen-bond donors (Lipinski definition) is 1. The van der Waals surface area contributed by atoms with Gasteiger partial charge in [0.25, 0.3) is 0 Å². The van der Waals surface area contributed by atoms with Gasteiger partial charge in [-0.2, -0.15) is 13.2 Å². The Morgan fingerprint density at radius 3 is 2.23 bits per heavy atom. The Kier molecular flexibility index (Phi) is 7.02. The molecule has 1 aliphatic rings. The number of carbonyl (C=O) groups is 1. The second-order valence-corrected chi connectivity index (χ2v) is 7.41. The van der Waals surface area contributed by atoms with E-state index in [0.717, 1.165) is 41.9 Å². The largest absolute Gasteiger partial charge is 0.497 e. The minimum absolute atomic E-state index is 0.0426. The van der Waals surface area contributed by atoms with Crippen LogP contribution >= 0.6 is 0 Å². The fourth-order valence-electron chi connectivity index (χ4n) is 4.02. The molecule has 2 aromatic rings. The number of methoxy groups -OCH3 is 1. The number of piperidine rings is 1. The molecule has 2 aromatic carbocycles. The number of esters is 1. The van der Waals surface area contributed by atoms with E-state index in [0.29, 0.717) is 6.61 Å². The molecule has 3 rings (SSSR count). The van der Waals surface area contributed by atoms with Crippen molar-refractivity contribution >= 4 is 5.97 Å². The summed E-state index contributed by atoms with van der Waals surface area (Å²) in [5.74, 6) is 0.369. The first-order valence-electron chi connectivity index (χ1n) is 10.0. The molecule has 7 heteroatoms. The maximum absolute atomic E-state index is 12.9. The monoisotopic (exact) mass is 421 g/mol. The predicted molar refractivity (Wildman–Crippen MR) is 107 cm³/mol. The van der Waals surface area contributed by atoms with Crippen molar-refractivity contribution in [3.63, 3.8) is 0 Å². The fourth-order valence-corrected chi connectivity index (χ4v) is 4.02. The smallest absolute Gasteiger partial charge is 0.416 e. The van der Waals surface area contributed by atoms with E-state index in [1.165, 1.54) is 12.1 Å². The predicted octanol–water partition coefficient (Wildman–Crippen LogP) is 5.24. The molecule has 30 heavy (non-hydrogen) atoms. The molecule has 0 bridgehead atoms. The first kappa shape index (κ1) is 22.2. The lowest BCUT2D eigenvalue weighted by Crippen LogP contribution is -2.43. The number of halogens is 3. The number of carbonyl (C=O) groups excluding carboxylic acids is 1. The molecule has 0 unspecified atom stereocenters. The van der Waals surface area contributed by atoms with Crippen LogP contribution in [0.2, 0.25) is 0 Å². The fraction of sp³-hybridized carbons (Fsp3) is 0.435. The molecule has 1 N–H and O–H groups in total. The van der Waals surface area contributed by atoms with Crippen LogP contribution in [-0.2, 0) is 15.7 Å². The van der Waals surface area contributed by atoms with Crippen LogP contribution in [0.25, 0.3) is 0 Å². The van der Waals surface area contributed by atoms with Gasteiger partial charge in [-0.25, -0.2) is 0 Å². The molecule has 1 fully saturated rings. The van der Waals surface area contributed by atoms with Crippen molar-refractivity contribution in [2.24, 2.45) is 0 Å². The molecule has 1 aliphatic heterocycles. The van der Waals surface area contributed by atoms with Crippen LogP contribution in [0.5, 0.6) is 5.75 Å². The zero-order valence-electron chi connectivity index (χ0n) is 17.0. The van der Waals surface area contributed by atoms with Crippen molar-refractivity contribution in [2.45, 2.75) is 50.4 Å². The molecule has 0 amide bonds. The van der Waals surface area contributed by atoms with Gasteiger partial charge >= 0.3 is 12.1 Å². The van der Waals surface area contributed by atoms with E-state index in [1.54, 1.807) is 14.0 Å². The second kappa shape index (κ2) is 9.51. The summed E-state index contributed by atoms with van der Waals surface area (Å²) in [6.45, 7) is 2.04. The van der Waals surface area contributed by atoms with Crippen LogP contribution in [0.1, 0.15) is 54.8 Å². The molecule has 162 valence electrons. The van der Waals surface area contributed by atoms with Crippen molar-refractivity contribution < 1.29 is 27.4 Å². The third-order valence-corrected chi connectivity index (χ3v) is 5.54. The Balaban J connectivity index is 1.80. The first-order valence-corrected chi connectivity index (χ1v) is 10.0. The number of rotatable bonds is 6. The number of ether oxygens (including phenoxy) is 2. The van der Waals surface area contributed by atoms with Gasteiger partial charge in [-0.3, -0.25) is 4.79 Å². The van der Waals surface area contributed by atoms with Crippen LogP contribution < -0.4 is 10.1 Å². The van der Waals surface area contributed by atoms with E-state index in [-0.39, 0.29) is 30.4 Å². The standard InChI is InChI=1S/C23H26F3NO3/c1-3-30-22(28)14-21-19(15-4-8-17(9-5-15)23(24,25)26)12-13-20(27-21)16-6-10-18(29-2)11-7-16/h4-11,19-21,27H,3,12-14H2,1-2H3/t19-,20+,21-/m1/s1. The summed E-state index contributed by atoms with van der Waals surface area (Å²) in [6, 6.07) is 12.8. The van der Waals surface area contributed by atoms with Crippen LogP contribution in [-0.4, -0.2) is 25.7 Å². The lowest BCUT2D eigenvalue weighted by atomic mass is 9.79. The SMILES string of the molecule is CCOC(=O)C[C@H]1N[C@H](c2ccc(OC)cc2)CC[C@@H]1c1ccc(C(F)(F)F)cc1. The van der Waals surface area contributed by atoms with Gasteiger partial charge < -0.3 is 14.8 Å². The highest BCUT2D eigenvalue weighted by atomic mass is 19.4. The van der Waals surface area contributed by atoms with Gasteiger partial charge in [0.05, 0.1) is 25.7 Å². The summed E-state index contributed by atoms with van der Waals surface area (Å²) in [6.07, 6.45) is -2.66. The van der Waals surface area contributed by atoms with Gasteiger partial charge in [0.15, 0.2) is 0 Å². The Bertz CT molecular complexity index is 834. The lowest BCUT2D eigenvalue weighted by Gasteiger charge is -2.38. The van der Waals surface area contributed by atoms with E-state index in [4.69, 9.17) is 9.47 Å². The molecule has 0 radical (unpaired) electrons. The second-order valence-electron chi connectivity index (χ2n) is 7.41. The van der Waals surface area contributed by atoms with Gasteiger partial charge in [-0.05, 0) is 61.1 Å². The van der Waals surface area contributed by atoms with E-state index in [2.05, 4.69) is 5.32 Å². The van der Waals surface area contributed by atoms with Crippen molar-refractivity contribution in [1.82, 2.24) is 5.32 Å². The van der Waals surface area contributed by atoms with Crippen molar-refractivity contribution in [3.8, 4) is 5.75 Å². The Morgan fingerprint density at radius 2 is 1.67 bits per heavy atom. The van der Waals surface area contributed by atoms with Gasteiger partial charge in [0.1, 0.15) is 5.75 Å². The Labute approximate surface area is 174 Å². The average Bonchev–Trinajstić information content (AvgIpc) is 2.73. The summed E-state index contributed by atoms with van der Waals surface area (Å²) >= 11 is 0. The van der Waals surface area contributed by atoms with Crippen LogP contribution in [0.15, 0.2) is 48.5 Å². The minimum atomic E-state index is -4.37. The highest BCUT2D eigenvalue weighted by Gasteiger charge is 2.35. The van der Waals surface area contributed by atoms with Crippen molar-refractivity contribution in [1.29, 1.82) is 0 Å². The third kappa shape index (κ3) is 5.33. The zero-order valence-corrected chi connectivity index (χ0v) is 17.0. The number of benzene rings is 2. The lowest BCUT2D eigenvalue weighted by molar-refractivity contribution is -0.144. The molecule has 3 atom stereocenters. The van der Waals surface area contributed by atoms with E-state index >= 15 is 0 Å². The summed E-state index contributed by atoms with van der Waals surface area (Å²) < 4.78 is 49.0. The van der Waals surface area contributed by atoms with Gasteiger partial charge in [-0.15, -0.1) is 0 Å². The molecule has 4 nitrogen and oxygen atoms in total. The number of hydrogen-bond acceptors (Lipinski definition) is 4. The molecule has 0 saturated carbocycles. The molecular weight excluding hydrogens is 395 g/mol. The average molecular weight is 421 g/mol. The number of alkyl halides is 3. The van der Waals surface area contributed by atoms with Gasteiger partial charge in [-0.1, -0.05) is 24.3 Å². The normalized spacial score (nSPS) is 21.8. The number of nitrogens with one attached hydrogen (secondary N) is 1. The molecule has 0 aromatic heterocycles. The third-order valence-electron chi connectivity index (χ3n) is 5.54. The molecule has 0 aliphatic carbocycles. The highest BCUT2D eigenvalue weighted by Crippen LogP contribution is 2.38. The Hall–Kier alpha value is -2.54. The van der Waals surface area contributed by atoms with Crippen molar-refractivity contribution in [3.05, 3.63) is 65.2 Å². The molecule has 1 saturated heterocycles. The van der Waals surface area contributed by atoms with E-state index < -0.39 is 11.7 Å². The topological polar surface area (TPSA) is 47.6 Å². The van der Waals surface area contributed by atoms with Gasteiger partial charge in [0.2, 0.25) is 0 Å². The maximum atomic E-state index is 12.9. The summed E-state index contributed by atoms with van der Waals surface area (Å²) in [5, 5.41) is 3.53. The van der Waals surface area contributed by atoms with Crippen LogP contribution in [0.3, 0.4) is 0 Å². The first-order chi connectivity index (χ1) is 14.3. The Morgan fingerprint density at radius 1 is 1.03 bits per heavy atom. The minimum Gasteiger partial charge on any atom is -0.497 e. The molecule has 0 spiro atoms. The van der Waals surface area contributed by atoms with Crippen LogP contribution in [0, 0.1) is 0 Å². The maximum Gasteiger partial charge on any atom is 0.416 e. The van der Waals surface area contributed by atoms with E-state index in [9.17, 15) is 18.0 Å². The van der Waals surface area contributed by atoms with E-state index in [1.807, 2.05) is 24.3 Å². The zero-order chi connectivity index (χ0) is 21.7. The summed E-state index contributed by atoms with van der Waals surface area (Å²) in [4.78, 5) is 12.2. The van der Waals surface area contributed by atoms with Gasteiger partial charge in [0, 0.05) is 12.1 Å². The highest BCUT2D eigenvalue weighted by molar-refractivity contribution is 5.70. The summed E-state index contributed by atoms with van der Waals surface area (Å²) in [7, 11) is 1.61. The molecular formula is C23H26F3NO3. The molecule has 1 heterocycles.